The van der Waals surface area contributed by atoms with E-state index in [2.05, 4.69) is 4.74 Å². The smallest absolute Gasteiger partial charge is 0.309 e. The molecule has 17 heavy (non-hydrogen) atoms. The molecule has 4 heteroatoms. The Kier molecular flexibility index (Phi) is 3.31. The van der Waals surface area contributed by atoms with Crippen molar-refractivity contribution in [1.82, 2.24) is 0 Å². The molecule has 0 bridgehead atoms. The molecular formula is C13H15FO3. The maximum atomic E-state index is 13.5. The minimum atomic E-state index is -0.574. The number of para-hydroxylation sites is 1. The highest BCUT2D eigenvalue weighted by molar-refractivity contribution is 5.70. The van der Waals surface area contributed by atoms with Crippen LogP contribution >= 0.6 is 0 Å². The van der Waals surface area contributed by atoms with Gasteiger partial charge in [0.05, 0.1) is 13.5 Å². The summed E-state index contributed by atoms with van der Waals surface area (Å²) in [5, 5.41) is 0. The first kappa shape index (κ1) is 11.9. The van der Waals surface area contributed by atoms with Crippen molar-refractivity contribution in [3.63, 3.8) is 0 Å². The van der Waals surface area contributed by atoms with E-state index in [1.165, 1.54) is 13.2 Å². The molecule has 0 aromatic heterocycles. The third-order valence-corrected chi connectivity index (χ3v) is 3.12. The van der Waals surface area contributed by atoms with Crippen LogP contribution in [0.4, 0.5) is 4.39 Å². The van der Waals surface area contributed by atoms with Crippen molar-refractivity contribution >= 4 is 5.97 Å². The van der Waals surface area contributed by atoms with Gasteiger partial charge in [0.1, 0.15) is 5.60 Å². The molecule has 0 amide bonds. The number of rotatable bonds is 4. The summed E-state index contributed by atoms with van der Waals surface area (Å²) in [6.45, 7) is 0. The number of halogens is 1. The molecule has 0 saturated heterocycles. The monoisotopic (exact) mass is 238 g/mol. The lowest BCUT2D eigenvalue weighted by molar-refractivity contribution is -0.148. The summed E-state index contributed by atoms with van der Waals surface area (Å²) in [5.41, 5.74) is -0.574. The van der Waals surface area contributed by atoms with Crippen molar-refractivity contribution in [2.45, 2.75) is 31.3 Å². The first-order chi connectivity index (χ1) is 8.15. The van der Waals surface area contributed by atoms with Crippen LogP contribution in [0.1, 0.15) is 25.7 Å². The van der Waals surface area contributed by atoms with Gasteiger partial charge in [-0.2, -0.15) is 0 Å². The molecule has 1 saturated carbocycles. The van der Waals surface area contributed by atoms with Crippen LogP contribution in [0.15, 0.2) is 24.3 Å². The molecule has 3 nitrogen and oxygen atoms in total. The van der Waals surface area contributed by atoms with E-state index < -0.39 is 11.4 Å². The number of benzene rings is 1. The highest BCUT2D eigenvalue weighted by Crippen LogP contribution is 2.40. The highest BCUT2D eigenvalue weighted by Gasteiger charge is 2.42. The zero-order valence-electron chi connectivity index (χ0n) is 9.74. The fraction of sp³-hybridized carbons (Fsp3) is 0.462. The van der Waals surface area contributed by atoms with Gasteiger partial charge in [0, 0.05) is 0 Å². The summed E-state index contributed by atoms with van der Waals surface area (Å²) in [6, 6.07) is 6.24. The van der Waals surface area contributed by atoms with E-state index in [0.717, 1.165) is 19.3 Å². The van der Waals surface area contributed by atoms with E-state index in [1.54, 1.807) is 18.2 Å². The quantitative estimate of drug-likeness (QED) is 0.756. The van der Waals surface area contributed by atoms with Crippen LogP contribution in [0.2, 0.25) is 0 Å². The Bertz CT molecular complexity index is 413. The lowest BCUT2D eigenvalue weighted by atomic mass is 9.77. The number of methoxy groups -OCH3 is 1. The fourth-order valence-electron chi connectivity index (χ4n) is 1.98. The molecule has 0 spiro atoms. The molecule has 2 rings (SSSR count). The van der Waals surface area contributed by atoms with Gasteiger partial charge >= 0.3 is 5.97 Å². The Morgan fingerprint density at radius 3 is 2.65 bits per heavy atom. The van der Waals surface area contributed by atoms with Crippen LogP contribution in [0.25, 0.3) is 0 Å². The van der Waals surface area contributed by atoms with E-state index in [1.807, 2.05) is 0 Å². The molecule has 0 atom stereocenters. The first-order valence-electron chi connectivity index (χ1n) is 5.66. The van der Waals surface area contributed by atoms with Crippen molar-refractivity contribution in [3.8, 4) is 5.75 Å². The Morgan fingerprint density at radius 1 is 1.41 bits per heavy atom. The van der Waals surface area contributed by atoms with Gasteiger partial charge in [-0.15, -0.1) is 0 Å². The Hall–Kier alpha value is -1.58. The number of ether oxygens (including phenoxy) is 2. The lowest BCUT2D eigenvalue weighted by Gasteiger charge is -2.41. The Morgan fingerprint density at radius 2 is 2.12 bits per heavy atom. The molecule has 0 unspecified atom stereocenters. The maximum absolute atomic E-state index is 13.5. The molecule has 1 fully saturated rings. The van der Waals surface area contributed by atoms with Gasteiger partial charge in [0.25, 0.3) is 0 Å². The average molecular weight is 238 g/mol. The SMILES string of the molecule is COC(=O)CC1(Oc2ccccc2F)CCC1. The summed E-state index contributed by atoms with van der Waals surface area (Å²) in [7, 11) is 1.35. The van der Waals surface area contributed by atoms with E-state index in [9.17, 15) is 9.18 Å². The van der Waals surface area contributed by atoms with Gasteiger partial charge in [-0.05, 0) is 31.4 Å². The number of hydrogen-bond acceptors (Lipinski definition) is 3. The van der Waals surface area contributed by atoms with Crippen molar-refractivity contribution in [3.05, 3.63) is 30.1 Å². The maximum Gasteiger partial charge on any atom is 0.309 e. The molecule has 0 heterocycles. The third-order valence-electron chi connectivity index (χ3n) is 3.12. The number of carbonyl (C=O) groups excluding carboxylic acids is 1. The average Bonchev–Trinajstić information content (AvgIpc) is 2.28. The standard InChI is InChI=1S/C13H15FO3/c1-16-12(15)9-13(7-4-8-13)17-11-6-3-2-5-10(11)14/h2-3,5-6H,4,7-9H2,1H3. The first-order valence-corrected chi connectivity index (χ1v) is 5.66. The summed E-state index contributed by atoms with van der Waals surface area (Å²) >= 11 is 0. The van der Waals surface area contributed by atoms with Crippen LogP contribution in [-0.2, 0) is 9.53 Å². The lowest BCUT2D eigenvalue weighted by Crippen LogP contribution is -2.45. The van der Waals surface area contributed by atoms with E-state index in [4.69, 9.17) is 4.74 Å². The molecule has 92 valence electrons. The second-order valence-electron chi connectivity index (χ2n) is 4.32. The minimum absolute atomic E-state index is 0.178. The zero-order chi connectivity index (χ0) is 12.3. The van der Waals surface area contributed by atoms with Crippen LogP contribution in [0.3, 0.4) is 0 Å². The van der Waals surface area contributed by atoms with Crippen LogP contribution in [-0.4, -0.2) is 18.7 Å². The number of hydrogen-bond donors (Lipinski definition) is 0. The second-order valence-corrected chi connectivity index (χ2v) is 4.32. The second kappa shape index (κ2) is 4.73. The van der Waals surface area contributed by atoms with Gasteiger partial charge in [-0.1, -0.05) is 12.1 Å². The highest BCUT2D eigenvalue weighted by atomic mass is 19.1. The Balaban J connectivity index is 2.10. The molecule has 1 aliphatic rings. The summed E-state index contributed by atoms with van der Waals surface area (Å²) in [6.07, 6.45) is 2.69. The van der Waals surface area contributed by atoms with Crippen LogP contribution in [0.5, 0.6) is 5.75 Å². The van der Waals surface area contributed by atoms with Crippen molar-refractivity contribution in [2.75, 3.05) is 7.11 Å². The molecular weight excluding hydrogens is 223 g/mol. The van der Waals surface area contributed by atoms with Gasteiger partial charge in [-0.3, -0.25) is 4.79 Å². The summed E-state index contributed by atoms with van der Waals surface area (Å²) in [5.74, 6) is -0.513. The van der Waals surface area contributed by atoms with E-state index in [-0.39, 0.29) is 18.1 Å². The molecule has 0 radical (unpaired) electrons. The van der Waals surface area contributed by atoms with Crippen LogP contribution < -0.4 is 4.74 Å². The predicted octanol–water partition coefficient (Wildman–Crippen LogP) is 2.69. The van der Waals surface area contributed by atoms with Crippen LogP contribution in [0, 0.1) is 5.82 Å². The van der Waals surface area contributed by atoms with Gasteiger partial charge in [-0.25, -0.2) is 4.39 Å². The predicted molar refractivity (Wildman–Crippen MR) is 60.2 cm³/mol. The summed E-state index contributed by atoms with van der Waals surface area (Å²) < 4.78 is 23.8. The number of esters is 1. The van der Waals surface area contributed by atoms with Crippen molar-refractivity contribution in [2.24, 2.45) is 0 Å². The minimum Gasteiger partial charge on any atom is -0.484 e. The molecule has 1 aromatic rings. The summed E-state index contributed by atoms with van der Waals surface area (Å²) in [4.78, 5) is 11.3. The van der Waals surface area contributed by atoms with E-state index in [0.29, 0.717) is 0 Å². The Labute approximate surface area is 99.5 Å². The van der Waals surface area contributed by atoms with E-state index >= 15 is 0 Å². The van der Waals surface area contributed by atoms with Crippen molar-refractivity contribution < 1.29 is 18.7 Å². The topological polar surface area (TPSA) is 35.5 Å². The van der Waals surface area contributed by atoms with Gasteiger partial charge in [0.2, 0.25) is 0 Å². The third kappa shape index (κ3) is 2.57. The van der Waals surface area contributed by atoms with Crippen molar-refractivity contribution in [1.29, 1.82) is 0 Å². The fourth-order valence-corrected chi connectivity index (χ4v) is 1.98. The molecule has 0 N–H and O–H groups in total. The number of carbonyl (C=O) groups is 1. The van der Waals surface area contributed by atoms with Gasteiger partial charge < -0.3 is 9.47 Å². The molecule has 1 aliphatic carbocycles. The normalized spacial score (nSPS) is 17.1. The zero-order valence-corrected chi connectivity index (χ0v) is 9.74. The molecule has 1 aromatic carbocycles. The van der Waals surface area contributed by atoms with Gasteiger partial charge in [0.15, 0.2) is 11.6 Å². The molecule has 0 aliphatic heterocycles. The largest absolute Gasteiger partial charge is 0.484 e.